The van der Waals surface area contributed by atoms with E-state index in [1.807, 2.05) is 13.1 Å². The van der Waals surface area contributed by atoms with Gasteiger partial charge in [-0.3, -0.25) is 4.57 Å². The average molecular weight is 205 g/mol. The number of aryl methyl sites for hydroxylation is 2. The summed E-state index contributed by atoms with van der Waals surface area (Å²) in [6, 6.07) is 4.85. The Morgan fingerprint density at radius 3 is 2.60 bits per heavy atom. The highest BCUT2D eigenvalue weighted by atomic mass is 19.1. The Bertz CT molecular complexity index is 503. The molecule has 0 saturated carbocycles. The molecule has 2 aromatic rings. The first-order chi connectivity index (χ1) is 7.08. The first-order valence-electron chi connectivity index (χ1n) is 4.66. The lowest BCUT2D eigenvalue weighted by Crippen LogP contribution is -2.00. The summed E-state index contributed by atoms with van der Waals surface area (Å²) < 4.78 is 14.8. The zero-order chi connectivity index (χ0) is 11.0. The van der Waals surface area contributed by atoms with Crippen LogP contribution in [0.4, 0.5) is 10.3 Å². The Balaban J connectivity index is 2.54. The lowest BCUT2D eigenvalue weighted by atomic mass is 10.2. The molecule has 0 aliphatic rings. The fourth-order valence-electron chi connectivity index (χ4n) is 1.50. The van der Waals surface area contributed by atoms with Crippen molar-refractivity contribution in [2.45, 2.75) is 13.8 Å². The van der Waals surface area contributed by atoms with Crippen LogP contribution in [0, 0.1) is 19.7 Å². The minimum atomic E-state index is -0.214. The van der Waals surface area contributed by atoms with Crippen LogP contribution < -0.4 is 5.73 Å². The second-order valence-electron chi connectivity index (χ2n) is 3.54. The van der Waals surface area contributed by atoms with E-state index in [0.29, 0.717) is 11.5 Å². The Kier molecular flexibility index (Phi) is 2.19. The second-order valence-corrected chi connectivity index (χ2v) is 3.54. The van der Waals surface area contributed by atoms with Crippen molar-refractivity contribution < 1.29 is 4.39 Å². The zero-order valence-electron chi connectivity index (χ0n) is 8.66. The summed E-state index contributed by atoms with van der Waals surface area (Å²) in [5, 5.41) is 0. The van der Waals surface area contributed by atoms with Crippen LogP contribution in [0.15, 0.2) is 24.4 Å². The van der Waals surface area contributed by atoms with Crippen molar-refractivity contribution in [3.63, 3.8) is 0 Å². The normalized spacial score (nSPS) is 10.6. The van der Waals surface area contributed by atoms with Crippen LogP contribution in [0.2, 0.25) is 0 Å². The number of nitrogens with zero attached hydrogens (tertiary/aromatic N) is 2. The summed E-state index contributed by atoms with van der Waals surface area (Å²) in [5.41, 5.74) is 7.98. The summed E-state index contributed by atoms with van der Waals surface area (Å²) in [7, 11) is 0. The summed E-state index contributed by atoms with van der Waals surface area (Å²) >= 11 is 0. The highest BCUT2D eigenvalue weighted by Crippen LogP contribution is 2.17. The molecule has 0 amide bonds. The standard InChI is InChI=1S/C11H12FN3/c1-7-5-9(3-4-10(7)12)15-6-8(2)14-11(15)13/h3-6H,1-2H3,(H2,13,14). The third kappa shape index (κ3) is 1.70. The average Bonchev–Trinajstić information content (AvgIpc) is 2.50. The van der Waals surface area contributed by atoms with Crippen LogP contribution in [-0.2, 0) is 0 Å². The minimum absolute atomic E-state index is 0.214. The van der Waals surface area contributed by atoms with Crippen LogP contribution in [0.25, 0.3) is 5.69 Å². The number of halogens is 1. The van der Waals surface area contributed by atoms with E-state index in [1.54, 1.807) is 23.6 Å². The van der Waals surface area contributed by atoms with Crippen LogP contribution in [0.3, 0.4) is 0 Å². The van der Waals surface area contributed by atoms with Crippen molar-refractivity contribution in [1.82, 2.24) is 9.55 Å². The number of nitrogens with two attached hydrogens (primary N) is 1. The number of anilines is 1. The molecule has 0 saturated heterocycles. The molecule has 78 valence electrons. The molecule has 0 fully saturated rings. The lowest BCUT2D eigenvalue weighted by Gasteiger charge is -2.05. The molecule has 1 aromatic carbocycles. The van der Waals surface area contributed by atoms with E-state index in [2.05, 4.69) is 4.98 Å². The molecule has 4 heteroatoms. The number of imidazole rings is 1. The van der Waals surface area contributed by atoms with Gasteiger partial charge in [0.05, 0.1) is 5.69 Å². The van der Waals surface area contributed by atoms with Gasteiger partial charge in [0.2, 0.25) is 5.95 Å². The summed E-state index contributed by atoms with van der Waals surface area (Å²) in [4.78, 5) is 4.09. The number of nitrogen functional groups attached to an aromatic ring is 1. The molecule has 0 atom stereocenters. The predicted octanol–water partition coefficient (Wildman–Crippen LogP) is 2.21. The molecule has 3 nitrogen and oxygen atoms in total. The van der Waals surface area contributed by atoms with Crippen molar-refractivity contribution in [3.05, 3.63) is 41.5 Å². The number of hydrogen-bond donors (Lipinski definition) is 1. The highest BCUT2D eigenvalue weighted by Gasteiger charge is 2.05. The van der Waals surface area contributed by atoms with Gasteiger partial charge in [-0.2, -0.15) is 0 Å². The first kappa shape index (κ1) is 9.71. The monoisotopic (exact) mass is 205 g/mol. The maximum atomic E-state index is 13.1. The van der Waals surface area contributed by atoms with Crippen LogP contribution >= 0.6 is 0 Å². The van der Waals surface area contributed by atoms with E-state index < -0.39 is 0 Å². The van der Waals surface area contributed by atoms with E-state index >= 15 is 0 Å². The molecule has 0 unspecified atom stereocenters. The van der Waals surface area contributed by atoms with Crippen molar-refractivity contribution in [3.8, 4) is 5.69 Å². The van der Waals surface area contributed by atoms with Crippen molar-refractivity contribution in [1.29, 1.82) is 0 Å². The maximum Gasteiger partial charge on any atom is 0.205 e. The third-order valence-electron chi connectivity index (χ3n) is 2.27. The number of hydrogen-bond acceptors (Lipinski definition) is 2. The van der Waals surface area contributed by atoms with E-state index in [-0.39, 0.29) is 5.82 Å². The fourth-order valence-corrected chi connectivity index (χ4v) is 1.50. The largest absolute Gasteiger partial charge is 0.369 e. The van der Waals surface area contributed by atoms with Gasteiger partial charge in [-0.05, 0) is 37.6 Å². The van der Waals surface area contributed by atoms with Gasteiger partial charge in [-0.1, -0.05) is 0 Å². The van der Waals surface area contributed by atoms with Gasteiger partial charge in [0, 0.05) is 11.9 Å². The molecule has 15 heavy (non-hydrogen) atoms. The first-order valence-corrected chi connectivity index (χ1v) is 4.66. The van der Waals surface area contributed by atoms with E-state index in [4.69, 9.17) is 5.73 Å². The third-order valence-corrected chi connectivity index (χ3v) is 2.27. The van der Waals surface area contributed by atoms with Gasteiger partial charge in [0.1, 0.15) is 5.82 Å². The van der Waals surface area contributed by atoms with E-state index in [0.717, 1.165) is 11.4 Å². The maximum absolute atomic E-state index is 13.1. The van der Waals surface area contributed by atoms with Crippen molar-refractivity contribution in [2.75, 3.05) is 5.73 Å². The van der Waals surface area contributed by atoms with Crippen molar-refractivity contribution in [2.24, 2.45) is 0 Å². The Hall–Kier alpha value is -1.84. The van der Waals surface area contributed by atoms with Gasteiger partial charge >= 0.3 is 0 Å². The molecule has 1 heterocycles. The van der Waals surface area contributed by atoms with Crippen LogP contribution in [0.5, 0.6) is 0 Å². The molecule has 2 rings (SSSR count). The fraction of sp³-hybridized carbons (Fsp3) is 0.182. The molecular weight excluding hydrogens is 193 g/mol. The van der Waals surface area contributed by atoms with Crippen molar-refractivity contribution >= 4 is 5.95 Å². The number of benzene rings is 1. The molecular formula is C11H12FN3. The molecule has 0 bridgehead atoms. The lowest BCUT2D eigenvalue weighted by molar-refractivity contribution is 0.618. The smallest absolute Gasteiger partial charge is 0.205 e. The second kappa shape index (κ2) is 3.38. The topological polar surface area (TPSA) is 43.8 Å². The summed E-state index contributed by atoms with van der Waals surface area (Å²) in [5.74, 6) is 0.202. The summed E-state index contributed by atoms with van der Waals surface area (Å²) in [6.07, 6.45) is 1.82. The number of rotatable bonds is 1. The van der Waals surface area contributed by atoms with Gasteiger partial charge in [-0.25, -0.2) is 9.37 Å². The summed E-state index contributed by atoms with van der Waals surface area (Å²) in [6.45, 7) is 3.59. The molecule has 0 radical (unpaired) electrons. The molecule has 0 spiro atoms. The highest BCUT2D eigenvalue weighted by molar-refractivity contribution is 5.42. The Morgan fingerprint density at radius 2 is 2.07 bits per heavy atom. The van der Waals surface area contributed by atoms with Gasteiger partial charge in [0.25, 0.3) is 0 Å². The Labute approximate surface area is 87.4 Å². The Morgan fingerprint density at radius 1 is 1.33 bits per heavy atom. The SMILES string of the molecule is Cc1cn(-c2ccc(F)c(C)c2)c(N)n1. The minimum Gasteiger partial charge on any atom is -0.369 e. The molecule has 1 aromatic heterocycles. The van der Waals surface area contributed by atoms with E-state index in [1.165, 1.54) is 6.07 Å². The quantitative estimate of drug-likeness (QED) is 0.775. The van der Waals surface area contributed by atoms with E-state index in [9.17, 15) is 4.39 Å². The van der Waals surface area contributed by atoms with Crippen LogP contribution in [-0.4, -0.2) is 9.55 Å². The van der Waals surface area contributed by atoms with Gasteiger partial charge < -0.3 is 5.73 Å². The zero-order valence-corrected chi connectivity index (χ0v) is 8.66. The molecule has 2 N–H and O–H groups in total. The van der Waals surface area contributed by atoms with Gasteiger partial charge in [-0.15, -0.1) is 0 Å². The molecule has 0 aliphatic heterocycles. The number of aromatic nitrogens is 2. The molecule has 0 aliphatic carbocycles. The van der Waals surface area contributed by atoms with Crippen LogP contribution in [0.1, 0.15) is 11.3 Å². The predicted molar refractivity (Wildman–Crippen MR) is 57.4 cm³/mol. The van der Waals surface area contributed by atoms with Gasteiger partial charge in [0.15, 0.2) is 0 Å².